The summed E-state index contributed by atoms with van der Waals surface area (Å²) in [5.41, 5.74) is 1.69. The average Bonchev–Trinajstić information content (AvgIpc) is 3.20. The summed E-state index contributed by atoms with van der Waals surface area (Å²) in [5, 5.41) is 11.9. The first kappa shape index (κ1) is 23.2. The van der Waals surface area contributed by atoms with Gasteiger partial charge < -0.3 is 8.94 Å². The van der Waals surface area contributed by atoms with Gasteiger partial charge in [-0.15, -0.1) is 0 Å². The maximum Gasteiger partial charge on any atom is 0.271 e. The van der Waals surface area contributed by atoms with Crippen LogP contribution in [0.15, 0.2) is 80.5 Å². The molecule has 170 valence electrons. The SMILES string of the molecule is Cc1ccc([P@](=Nc2cc([N+](=O)[O-])ccc2Br)(Oc2cccc3cccnc23)C(C)(C)C)o1. The van der Waals surface area contributed by atoms with E-state index in [1.807, 2.05) is 70.2 Å². The molecule has 33 heavy (non-hydrogen) atoms. The highest BCUT2D eigenvalue weighted by Gasteiger charge is 2.42. The zero-order valence-electron chi connectivity index (χ0n) is 18.7. The maximum absolute atomic E-state index is 11.4. The van der Waals surface area contributed by atoms with Crippen molar-refractivity contribution in [1.29, 1.82) is 0 Å². The lowest BCUT2D eigenvalue weighted by Crippen LogP contribution is -2.26. The van der Waals surface area contributed by atoms with Crippen LogP contribution in [-0.4, -0.2) is 15.1 Å². The number of nitro groups is 1. The Kier molecular flexibility index (Phi) is 6.16. The number of para-hydroxylation sites is 1. The van der Waals surface area contributed by atoms with E-state index < -0.39 is 17.4 Å². The Morgan fingerprint density at radius 2 is 1.88 bits per heavy atom. The van der Waals surface area contributed by atoms with Gasteiger partial charge in [-0.3, -0.25) is 15.1 Å². The van der Waals surface area contributed by atoms with Crippen molar-refractivity contribution in [3.05, 3.63) is 87.2 Å². The molecule has 0 amide bonds. The summed E-state index contributed by atoms with van der Waals surface area (Å²) >= 11 is 3.50. The topological polar surface area (TPSA) is 90.8 Å². The Bertz CT molecular complexity index is 1400. The molecule has 0 aliphatic rings. The zero-order chi connectivity index (χ0) is 23.8. The number of fused-ring (bicyclic) bond motifs is 1. The lowest BCUT2D eigenvalue weighted by molar-refractivity contribution is -0.384. The van der Waals surface area contributed by atoms with Crippen LogP contribution in [-0.2, 0) is 0 Å². The van der Waals surface area contributed by atoms with E-state index in [4.69, 9.17) is 13.7 Å². The molecule has 0 N–H and O–H groups in total. The van der Waals surface area contributed by atoms with Gasteiger partial charge in [0.05, 0.1) is 10.6 Å². The number of halogens is 1. The highest BCUT2D eigenvalue weighted by Crippen LogP contribution is 2.63. The van der Waals surface area contributed by atoms with Crippen LogP contribution in [0.2, 0.25) is 0 Å². The molecule has 0 bridgehead atoms. The molecule has 1 atom stereocenters. The Hall–Kier alpha value is -2.96. The second-order valence-electron chi connectivity index (χ2n) is 8.55. The van der Waals surface area contributed by atoms with Crippen LogP contribution >= 0.6 is 23.2 Å². The van der Waals surface area contributed by atoms with E-state index >= 15 is 0 Å². The fourth-order valence-electron chi connectivity index (χ4n) is 3.45. The number of benzene rings is 2. The summed E-state index contributed by atoms with van der Waals surface area (Å²) in [5.74, 6) is 1.31. The van der Waals surface area contributed by atoms with Crippen LogP contribution in [0, 0.1) is 17.0 Å². The molecule has 7 nitrogen and oxygen atoms in total. The minimum absolute atomic E-state index is 0.0496. The molecule has 9 heteroatoms. The van der Waals surface area contributed by atoms with Crippen LogP contribution in [0.3, 0.4) is 0 Å². The Labute approximate surface area is 200 Å². The number of aryl methyl sites for hydroxylation is 1. The van der Waals surface area contributed by atoms with E-state index in [1.165, 1.54) is 12.1 Å². The minimum atomic E-state index is -2.97. The van der Waals surface area contributed by atoms with Gasteiger partial charge in [0.1, 0.15) is 11.3 Å². The highest BCUT2D eigenvalue weighted by atomic mass is 79.9. The predicted molar refractivity (Wildman–Crippen MR) is 135 cm³/mol. The monoisotopic (exact) mass is 527 g/mol. The third-order valence-corrected chi connectivity index (χ3v) is 9.43. The van der Waals surface area contributed by atoms with Crippen molar-refractivity contribution in [2.45, 2.75) is 32.9 Å². The van der Waals surface area contributed by atoms with Crippen molar-refractivity contribution in [3.63, 3.8) is 0 Å². The number of pyridine rings is 1. The lowest BCUT2D eigenvalue weighted by Gasteiger charge is -2.35. The summed E-state index contributed by atoms with van der Waals surface area (Å²) in [7, 11) is -2.97. The fraction of sp³-hybridized carbons (Fsp3) is 0.208. The molecule has 0 radical (unpaired) electrons. The Balaban J connectivity index is 2.05. The molecule has 0 spiro atoms. The van der Waals surface area contributed by atoms with Gasteiger partial charge in [-0.1, -0.05) is 39.0 Å². The molecule has 2 heterocycles. The normalized spacial score (nSPS) is 13.5. The van der Waals surface area contributed by atoms with Gasteiger partial charge in [0.15, 0.2) is 11.3 Å². The molecule has 4 rings (SSSR count). The predicted octanol–water partition coefficient (Wildman–Crippen LogP) is 7.76. The minimum Gasteiger partial charge on any atom is -0.457 e. The second kappa shape index (κ2) is 8.76. The van der Waals surface area contributed by atoms with Gasteiger partial charge >= 0.3 is 0 Å². The number of aromatic nitrogens is 1. The molecule has 2 aromatic carbocycles. The van der Waals surface area contributed by atoms with Crippen LogP contribution in [0.25, 0.3) is 10.9 Å². The second-order valence-corrected chi connectivity index (χ2v) is 12.7. The van der Waals surface area contributed by atoms with Crippen molar-refractivity contribution < 1.29 is 13.9 Å². The molecular formula is C24H23BrN3O4P. The first-order chi connectivity index (χ1) is 15.6. The molecule has 0 fully saturated rings. The first-order valence-corrected chi connectivity index (χ1v) is 12.7. The summed E-state index contributed by atoms with van der Waals surface area (Å²) in [6.45, 7) is 7.97. The standard InChI is InChI=1S/C24H23BrN3O4P/c1-16-10-13-22(31-16)33(24(2,3)4,27-20-15-18(28(29)30)11-12-19(20)25)32-21-9-5-7-17-8-6-14-26-23(17)21/h5-15H,1-4H3/t33-/m0/s1. The van der Waals surface area contributed by atoms with E-state index in [-0.39, 0.29) is 5.69 Å². The number of nitro benzene ring substituents is 1. The largest absolute Gasteiger partial charge is 0.457 e. The molecule has 0 aliphatic heterocycles. The van der Waals surface area contributed by atoms with Gasteiger partial charge in [-0.05, 0) is 53.2 Å². The lowest BCUT2D eigenvalue weighted by atomic mass is 10.2. The molecule has 0 unspecified atom stereocenters. The average molecular weight is 528 g/mol. The number of non-ortho nitro benzene ring substituents is 1. The summed E-state index contributed by atoms with van der Waals surface area (Å²) in [6, 6.07) is 17.9. The van der Waals surface area contributed by atoms with Gasteiger partial charge in [-0.2, -0.15) is 0 Å². The van der Waals surface area contributed by atoms with Gasteiger partial charge in [-0.25, -0.2) is 4.74 Å². The van der Waals surface area contributed by atoms with Crippen LogP contribution < -0.4 is 10.0 Å². The van der Waals surface area contributed by atoms with Crippen molar-refractivity contribution in [1.82, 2.24) is 4.98 Å². The third kappa shape index (κ3) is 4.45. The van der Waals surface area contributed by atoms with Crippen molar-refractivity contribution in [2.24, 2.45) is 4.74 Å². The third-order valence-electron chi connectivity index (χ3n) is 5.15. The van der Waals surface area contributed by atoms with E-state index in [9.17, 15) is 10.1 Å². The van der Waals surface area contributed by atoms with Gasteiger partial charge in [0.25, 0.3) is 5.69 Å². The molecule has 2 aromatic heterocycles. The molecule has 0 aliphatic carbocycles. The molecular weight excluding hydrogens is 505 g/mol. The summed E-state index contributed by atoms with van der Waals surface area (Å²) in [6.07, 6.45) is 1.72. The van der Waals surface area contributed by atoms with Crippen molar-refractivity contribution >= 4 is 51.0 Å². The highest BCUT2D eigenvalue weighted by molar-refractivity contribution is 9.10. The number of rotatable bonds is 5. The van der Waals surface area contributed by atoms with E-state index in [0.29, 0.717) is 26.9 Å². The van der Waals surface area contributed by atoms with Crippen LogP contribution in [0.4, 0.5) is 11.4 Å². The Morgan fingerprint density at radius 1 is 1.12 bits per heavy atom. The summed E-state index contributed by atoms with van der Waals surface area (Å²) in [4.78, 5) is 15.5. The first-order valence-electron chi connectivity index (χ1n) is 10.3. The van der Waals surface area contributed by atoms with E-state index in [2.05, 4.69) is 20.9 Å². The molecule has 0 saturated carbocycles. The van der Waals surface area contributed by atoms with Crippen molar-refractivity contribution in [2.75, 3.05) is 0 Å². The quantitative estimate of drug-likeness (QED) is 0.150. The fourth-order valence-corrected chi connectivity index (χ4v) is 6.83. The Morgan fingerprint density at radius 3 is 2.55 bits per heavy atom. The number of hydrogen-bond acceptors (Lipinski definition) is 6. The zero-order valence-corrected chi connectivity index (χ0v) is 21.1. The van der Waals surface area contributed by atoms with Gasteiger partial charge in [0, 0.05) is 33.3 Å². The molecule has 4 aromatic rings. The number of nitrogens with zero attached hydrogens (tertiary/aromatic N) is 3. The maximum atomic E-state index is 11.4. The van der Waals surface area contributed by atoms with Gasteiger partial charge in [0.2, 0.25) is 7.28 Å². The molecule has 0 saturated heterocycles. The van der Waals surface area contributed by atoms with Crippen LogP contribution in [0.5, 0.6) is 5.75 Å². The van der Waals surface area contributed by atoms with E-state index in [1.54, 1.807) is 12.3 Å². The van der Waals surface area contributed by atoms with Crippen molar-refractivity contribution in [3.8, 4) is 5.75 Å². The number of furan rings is 1. The summed E-state index contributed by atoms with van der Waals surface area (Å²) < 4.78 is 18.7. The van der Waals surface area contributed by atoms with Crippen LogP contribution in [0.1, 0.15) is 26.5 Å². The smallest absolute Gasteiger partial charge is 0.271 e. The number of hydrogen-bond donors (Lipinski definition) is 0. The van der Waals surface area contributed by atoms with E-state index in [0.717, 1.165) is 11.1 Å².